The second kappa shape index (κ2) is 7.20. The number of anilines is 2. The van der Waals surface area contributed by atoms with Gasteiger partial charge in [-0.3, -0.25) is 14.5 Å². The molecule has 7 heteroatoms. The minimum Gasteiger partial charge on any atom is -0.304 e. The molecule has 5 rings (SSSR count). The predicted molar refractivity (Wildman–Crippen MR) is 117 cm³/mol. The number of nitrogens with zero attached hydrogens (tertiary/aromatic N) is 2. The smallest absolute Gasteiger partial charge is 0.269 e. The molecule has 0 radical (unpaired) electrons. The summed E-state index contributed by atoms with van der Waals surface area (Å²) in [5, 5.41) is 0. The zero-order valence-corrected chi connectivity index (χ0v) is 17.5. The average molecular weight is 436 g/mol. The Kier molecular flexibility index (Phi) is 4.59. The highest BCUT2D eigenvalue weighted by molar-refractivity contribution is 8.02. The number of hydrogen-bond acceptors (Lipinski definition) is 3. The second-order valence-corrected chi connectivity index (χ2v) is 8.80. The maximum Gasteiger partial charge on any atom is 0.269 e. The van der Waals surface area contributed by atoms with Gasteiger partial charge in [0.2, 0.25) is 10.8 Å². The molecule has 2 aliphatic rings. The van der Waals surface area contributed by atoms with Crippen molar-refractivity contribution < 1.29 is 18.4 Å². The van der Waals surface area contributed by atoms with Crippen LogP contribution in [-0.2, 0) is 21.0 Å². The third-order valence-electron chi connectivity index (χ3n) is 5.71. The SMILES string of the molecule is Cc1ccc(N2C(=O)CS[C@@]23C(=O)N(Cc2cccc(F)c2)c2ccccc23)cc1F. The fourth-order valence-electron chi connectivity index (χ4n) is 4.25. The van der Waals surface area contributed by atoms with E-state index in [1.165, 1.54) is 34.9 Å². The summed E-state index contributed by atoms with van der Waals surface area (Å²) in [4.78, 5) is 28.5. The highest BCUT2D eigenvalue weighted by atomic mass is 32.2. The van der Waals surface area contributed by atoms with Gasteiger partial charge in [-0.15, -0.1) is 11.8 Å². The van der Waals surface area contributed by atoms with Gasteiger partial charge in [-0.2, -0.15) is 0 Å². The molecule has 2 amide bonds. The van der Waals surface area contributed by atoms with Crippen molar-refractivity contribution in [3.63, 3.8) is 0 Å². The average Bonchev–Trinajstić information content (AvgIpc) is 3.22. The molecule has 2 aliphatic heterocycles. The quantitative estimate of drug-likeness (QED) is 0.595. The van der Waals surface area contributed by atoms with E-state index in [4.69, 9.17) is 0 Å². The van der Waals surface area contributed by atoms with Crippen molar-refractivity contribution in [2.45, 2.75) is 18.3 Å². The van der Waals surface area contributed by atoms with E-state index < -0.39 is 10.7 Å². The molecule has 3 aromatic rings. The molecule has 0 unspecified atom stereocenters. The third kappa shape index (κ3) is 2.95. The fourth-order valence-corrected chi connectivity index (χ4v) is 5.61. The Morgan fingerprint density at radius 2 is 1.81 bits per heavy atom. The first-order chi connectivity index (χ1) is 14.9. The molecule has 1 atom stereocenters. The molecular formula is C24H18F2N2O2S. The first-order valence-corrected chi connectivity index (χ1v) is 10.8. The van der Waals surface area contributed by atoms with Crippen LogP contribution in [0.15, 0.2) is 66.7 Å². The zero-order valence-electron chi connectivity index (χ0n) is 16.6. The molecule has 4 nitrogen and oxygen atoms in total. The molecule has 0 bridgehead atoms. The molecule has 0 saturated carbocycles. The zero-order chi connectivity index (χ0) is 21.8. The van der Waals surface area contributed by atoms with E-state index in [1.807, 2.05) is 24.3 Å². The molecule has 0 N–H and O–H groups in total. The van der Waals surface area contributed by atoms with E-state index in [1.54, 1.807) is 36.1 Å². The Morgan fingerprint density at radius 1 is 1.00 bits per heavy atom. The van der Waals surface area contributed by atoms with Crippen LogP contribution in [0.5, 0.6) is 0 Å². The van der Waals surface area contributed by atoms with Crippen LogP contribution in [0.2, 0.25) is 0 Å². The maximum atomic E-state index is 14.4. The van der Waals surface area contributed by atoms with Crippen LogP contribution >= 0.6 is 11.8 Å². The highest BCUT2D eigenvalue weighted by Crippen LogP contribution is 2.56. The number of fused-ring (bicyclic) bond motifs is 2. The summed E-state index contributed by atoms with van der Waals surface area (Å²) in [5.41, 5.74) is 2.78. The summed E-state index contributed by atoms with van der Waals surface area (Å²) in [6.45, 7) is 1.81. The number of carbonyl (C=O) groups excluding carboxylic acids is 2. The lowest BCUT2D eigenvalue weighted by atomic mass is 10.0. The summed E-state index contributed by atoms with van der Waals surface area (Å²) < 4.78 is 28.1. The van der Waals surface area contributed by atoms with Crippen molar-refractivity contribution in [2.75, 3.05) is 15.6 Å². The number of aryl methyl sites for hydroxylation is 1. The highest BCUT2D eigenvalue weighted by Gasteiger charge is 2.60. The lowest BCUT2D eigenvalue weighted by molar-refractivity contribution is -0.123. The van der Waals surface area contributed by atoms with Gasteiger partial charge in [0.25, 0.3) is 5.91 Å². The predicted octanol–water partition coefficient (Wildman–Crippen LogP) is 4.75. The van der Waals surface area contributed by atoms with Crippen molar-refractivity contribution >= 4 is 35.0 Å². The number of thioether (sulfide) groups is 1. The van der Waals surface area contributed by atoms with Crippen molar-refractivity contribution in [3.8, 4) is 0 Å². The van der Waals surface area contributed by atoms with Gasteiger partial charge < -0.3 is 4.90 Å². The molecule has 1 fully saturated rings. The van der Waals surface area contributed by atoms with Crippen LogP contribution in [-0.4, -0.2) is 17.6 Å². The van der Waals surface area contributed by atoms with E-state index in [0.717, 1.165) is 0 Å². The Labute approximate surface area is 182 Å². The molecule has 2 heterocycles. The van der Waals surface area contributed by atoms with E-state index in [0.29, 0.717) is 28.1 Å². The van der Waals surface area contributed by atoms with Gasteiger partial charge in [0.1, 0.15) is 11.6 Å². The van der Waals surface area contributed by atoms with E-state index in [9.17, 15) is 18.4 Å². The number of carbonyl (C=O) groups is 2. The van der Waals surface area contributed by atoms with Gasteiger partial charge in [0, 0.05) is 11.3 Å². The lowest BCUT2D eigenvalue weighted by Gasteiger charge is -2.33. The Balaban J connectivity index is 1.65. The molecule has 0 aliphatic carbocycles. The van der Waals surface area contributed by atoms with Gasteiger partial charge in [-0.25, -0.2) is 8.78 Å². The van der Waals surface area contributed by atoms with Gasteiger partial charge in [-0.1, -0.05) is 36.4 Å². The summed E-state index contributed by atoms with van der Waals surface area (Å²) in [6, 6.07) is 17.9. The standard InChI is InChI=1S/C24H18F2N2O2S/c1-15-9-10-18(12-20(15)26)28-22(29)14-31-24(28)19-7-2-3-8-21(19)27(23(24)30)13-16-5-4-6-17(25)11-16/h2-12H,13-14H2,1H3/t24-/m0/s1. The monoisotopic (exact) mass is 436 g/mol. The number of rotatable bonds is 3. The third-order valence-corrected chi connectivity index (χ3v) is 7.09. The molecule has 3 aromatic carbocycles. The summed E-state index contributed by atoms with van der Waals surface area (Å²) >= 11 is 1.23. The summed E-state index contributed by atoms with van der Waals surface area (Å²) in [7, 11) is 0. The van der Waals surface area contributed by atoms with Gasteiger partial charge in [-0.05, 0) is 48.4 Å². The molecule has 0 aromatic heterocycles. The Morgan fingerprint density at radius 3 is 2.58 bits per heavy atom. The van der Waals surface area contributed by atoms with Gasteiger partial charge in [0.05, 0.1) is 18.0 Å². The van der Waals surface area contributed by atoms with Crippen LogP contribution in [0.4, 0.5) is 20.2 Å². The lowest BCUT2D eigenvalue weighted by Crippen LogP contribution is -2.49. The Hall–Kier alpha value is -3.19. The van der Waals surface area contributed by atoms with Crippen molar-refractivity contribution in [2.24, 2.45) is 0 Å². The van der Waals surface area contributed by atoms with Crippen molar-refractivity contribution in [1.29, 1.82) is 0 Å². The number of amides is 2. The number of benzene rings is 3. The number of para-hydroxylation sites is 1. The van der Waals surface area contributed by atoms with Gasteiger partial charge >= 0.3 is 0 Å². The maximum absolute atomic E-state index is 14.4. The minimum atomic E-state index is -1.32. The molecule has 1 saturated heterocycles. The normalized spacial score (nSPS) is 20.1. The fraction of sp³-hybridized carbons (Fsp3) is 0.167. The number of hydrogen-bond donors (Lipinski definition) is 0. The molecular weight excluding hydrogens is 418 g/mol. The van der Waals surface area contributed by atoms with Crippen molar-refractivity contribution in [1.82, 2.24) is 0 Å². The van der Waals surface area contributed by atoms with Crippen molar-refractivity contribution in [3.05, 3.63) is 95.1 Å². The molecule has 156 valence electrons. The minimum absolute atomic E-state index is 0.101. The molecule has 1 spiro atoms. The van der Waals surface area contributed by atoms with E-state index >= 15 is 0 Å². The first-order valence-electron chi connectivity index (χ1n) is 9.81. The Bertz CT molecular complexity index is 1230. The van der Waals surface area contributed by atoms with Gasteiger partial charge in [0.15, 0.2) is 0 Å². The summed E-state index contributed by atoms with van der Waals surface area (Å²) in [6.07, 6.45) is 0. The van der Waals surface area contributed by atoms with Crippen LogP contribution in [0, 0.1) is 18.6 Å². The summed E-state index contributed by atoms with van der Waals surface area (Å²) in [5.74, 6) is -1.27. The van der Waals surface area contributed by atoms with E-state index in [-0.39, 0.29) is 29.9 Å². The molecule has 31 heavy (non-hydrogen) atoms. The van der Waals surface area contributed by atoms with Crippen LogP contribution in [0.3, 0.4) is 0 Å². The van der Waals surface area contributed by atoms with Crippen LogP contribution < -0.4 is 9.80 Å². The van der Waals surface area contributed by atoms with E-state index in [2.05, 4.69) is 0 Å². The first kappa shape index (κ1) is 19.8. The number of halogens is 2. The topological polar surface area (TPSA) is 40.6 Å². The van der Waals surface area contributed by atoms with Crippen LogP contribution in [0.25, 0.3) is 0 Å². The second-order valence-electron chi connectivity index (χ2n) is 7.63. The largest absolute Gasteiger partial charge is 0.304 e. The van der Waals surface area contributed by atoms with Crippen LogP contribution in [0.1, 0.15) is 16.7 Å².